The topological polar surface area (TPSA) is 90.4 Å². The van der Waals surface area contributed by atoms with E-state index in [1.165, 1.54) is 0 Å². The summed E-state index contributed by atoms with van der Waals surface area (Å²) in [5.74, 6) is -0.507. The third kappa shape index (κ3) is 2.63. The van der Waals surface area contributed by atoms with Crippen LogP contribution in [0, 0.1) is 0 Å². The average Bonchev–Trinajstić information content (AvgIpc) is 3.15. The second kappa shape index (κ2) is 5.96. The lowest BCUT2D eigenvalue weighted by Crippen LogP contribution is -2.52. The van der Waals surface area contributed by atoms with Crippen LogP contribution in [0.1, 0.15) is 47.4 Å². The predicted molar refractivity (Wildman–Crippen MR) is 83.9 cm³/mol. The molecule has 0 bridgehead atoms. The van der Waals surface area contributed by atoms with Crippen molar-refractivity contribution in [2.75, 3.05) is 20.3 Å². The van der Waals surface area contributed by atoms with Crippen LogP contribution in [-0.2, 0) is 29.4 Å². The smallest absolute Gasteiger partial charge is 0.275 e. The molecule has 0 aromatic carbocycles. The second-order valence-electron chi connectivity index (χ2n) is 6.61. The first-order valence-electron chi connectivity index (χ1n) is 8.12. The van der Waals surface area contributed by atoms with Crippen LogP contribution in [0.4, 0.5) is 0 Å². The largest absolute Gasteiger partial charge is 0.382 e. The summed E-state index contributed by atoms with van der Waals surface area (Å²) in [7, 11) is 3.47. The molecule has 1 fully saturated rings. The van der Waals surface area contributed by atoms with Crippen molar-refractivity contribution >= 4 is 11.8 Å². The highest BCUT2D eigenvalue weighted by Crippen LogP contribution is 2.35. The third-order valence-electron chi connectivity index (χ3n) is 5.08. The molecule has 1 aromatic heterocycles. The van der Waals surface area contributed by atoms with Gasteiger partial charge in [-0.1, -0.05) is 0 Å². The Bertz CT molecular complexity index is 640. The number of carbonyl (C=O) groups excluding carboxylic acids is 2. The zero-order valence-electron chi connectivity index (χ0n) is 13.8. The molecular weight excluding hydrogens is 296 g/mol. The molecule has 2 amide bonds. The molecule has 126 valence electrons. The third-order valence-corrected chi connectivity index (χ3v) is 5.08. The van der Waals surface area contributed by atoms with Crippen molar-refractivity contribution in [3.63, 3.8) is 0 Å². The molecule has 2 heterocycles. The molecule has 0 unspecified atom stereocenters. The molecule has 2 aliphatic rings. The van der Waals surface area contributed by atoms with Gasteiger partial charge in [-0.25, -0.2) is 0 Å². The van der Waals surface area contributed by atoms with Gasteiger partial charge in [-0.15, -0.1) is 0 Å². The summed E-state index contributed by atoms with van der Waals surface area (Å²) in [5, 5.41) is 4.45. The minimum absolute atomic E-state index is 0.0976. The Kier molecular flexibility index (Phi) is 4.14. The molecule has 1 aliphatic heterocycles. The number of hydrogen-bond donors (Lipinski definition) is 1. The van der Waals surface area contributed by atoms with Crippen LogP contribution in [0.15, 0.2) is 0 Å². The van der Waals surface area contributed by atoms with E-state index in [2.05, 4.69) is 5.10 Å². The SMILES string of the molecule is COC[C@]1(CC(N)=O)CCCN1C(=O)c1nn(C)c2c1CCC2. The Morgan fingerprint density at radius 1 is 1.35 bits per heavy atom. The average molecular weight is 320 g/mol. The molecule has 0 saturated carbocycles. The number of amides is 2. The van der Waals surface area contributed by atoms with Crippen LogP contribution in [0.3, 0.4) is 0 Å². The molecular formula is C16H24N4O3. The molecule has 1 aromatic rings. The molecule has 1 atom stereocenters. The number of rotatable bonds is 5. The van der Waals surface area contributed by atoms with Gasteiger partial charge in [0.1, 0.15) is 0 Å². The zero-order valence-corrected chi connectivity index (χ0v) is 13.8. The number of nitrogens with zero attached hydrogens (tertiary/aromatic N) is 3. The second-order valence-corrected chi connectivity index (χ2v) is 6.61. The van der Waals surface area contributed by atoms with Gasteiger partial charge in [-0.3, -0.25) is 14.3 Å². The zero-order chi connectivity index (χ0) is 16.6. The quantitative estimate of drug-likeness (QED) is 0.850. The number of methoxy groups -OCH3 is 1. The number of carbonyl (C=O) groups is 2. The fourth-order valence-corrected chi connectivity index (χ4v) is 4.14. The predicted octanol–water partition coefficient (Wildman–Crippen LogP) is 0.405. The van der Waals surface area contributed by atoms with E-state index in [0.717, 1.165) is 43.4 Å². The molecule has 7 heteroatoms. The van der Waals surface area contributed by atoms with Gasteiger partial charge in [0.05, 0.1) is 18.6 Å². The van der Waals surface area contributed by atoms with Gasteiger partial charge in [-0.2, -0.15) is 5.10 Å². The Morgan fingerprint density at radius 3 is 2.83 bits per heavy atom. The summed E-state index contributed by atoms with van der Waals surface area (Å²) < 4.78 is 7.13. The molecule has 23 heavy (non-hydrogen) atoms. The normalized spacial score (nSPS) is 23.3. The van der Waals surface area contributed by atoms with E-state index >= 15 is 0 Å². The van der Waals surface area contributed by atoms with Crippen molar-refractivity contribution < 1.29 is 14.3 Å². The molecule has 1 aliphatic carbocycles. The summed E-state index contributed by atoms with van der Waals surface area (Å²) in [5.41, 5.74) is 7.54. The van der Waals surface area contributed by atoms with E-state index < -0.39 is 11.4 Å². The van der Waals surface area contributed by atoms with Crippen LogP contribution in [0.5, 0.6) is 0 Å². The maximum Gasteiger partial charge on any atom is 0.275 e. The number of fused-ring (bicyclic) bond motifs is 1. The number of aromatic nitrogens is 2. The lowest BCUT2D eigenvalue weighted by Gasteiger charge is -2.37. The van der Waals surface area contributed by atoms with Crippen LogP contribution in [-0.4, -0.2) is 52.3 Å². The number of aryl methyl sites for hydroxylation is 1. The monoisotopic (exact) mass is 320 g/mol. The highest BCUT2D eigenvalue weighted by atomic mass is 16.5. The van der Waals surface area contributed by atoms with Crippen molar-refractivity contribution in [3.05, 3.63) is 17.0 Å². The molecule has 0 spiro atoms. The van der Waals surface area contributed by atoms with Gasteiger partial charge >= 0.3 is 0 Å². The first kappa shape index (κ1) is 16.0. The van der Waals surface area contributed by atoms with E-state index in [0.29, 0.717) is 18.8 Å². The van der Waals surface area contributed by atoms with Crippen LogP contribution >= 0.6 is 0 Å². The maximum absolute atomic E-state index is 13.1. The first-order valence-corrected chi connectivity index (χ1v) is 8.12. The highest BCUT2D eigenvalue weighted by Gasteiger charge is 2.46. The van der Waals surface area contributed by atoms with E-state index in [1.54, 1.807) is 12.0 Å². The van der Waals surface area contributed by atoms with Gasteiger partial charge in [0, 0.05) is 32.0 Å². The van der Waals surface area contributed by atoms with Crippen molar-refractivity contribution in [1.29, 1.82) is 0 Å². The van der Waals surface area contributed by atoms with Gasteiger partial charge in [0.15, 0.2) is 5.69 Å². The van der Waals surface area contributed by atoms with Gasteiger partial charge in [0.2, 0.25) is 5.91 Å². The molecule has 3 rings (SSSR count). The minimum Gasteiger partial charge on any atom is -0.382 e. The van der Waals surface area contributed by atoms with Crippen molar-refractivity contribution in [1.82, 2.24) is 14.7 Å². The fourth-order valence-electron chi connectivity index (χ4n) is 4.14. The Hall–Kier alpha value is -1.89. The summed E-state index contributed by atoms with van der Waals surface area (Å²) in [6, 6.07) is 0. The van der Waals surface area contributed by atoms with E-state index in [9.17, 15) is 9.59 Å². The molecule has 7 nitrogen and oxygen atoms in total. The first-order chi connectivity index (χ1) is 11.0. The van der Waals surface area contributed by atoms with Crippen molar-refractivity contribution in [2.24, 2.45) is 12.8 Å². The molecule has 2 N–H and O–H groups in total. The van der Waals surface area contributed by atoms with Gasteiger partial charge in [-0.05, 0) is 32.1 Å². The number of nitrogens with two attached hydrogens (primary N) is 1. The van der Waals surface area contributed by atoms with E-state index in [4.69, 9.17) is 10.5 Å². The highest BCUT2D eigenvalue weighted by molar-refractivity contribution is 5.95. The summed E-state index contributed by atoms with van der Waals surface area (Å²) >= 11 is 0. The van der Waals surface area contributed by atoms with Gasteiger partial charge in [0.25, 0.3) is 5.91 Å². The molecule has 0 radical (unpaired) electrons. The fraction of sp³-hybridized carbons (Fsp3) is 0.688. The molecule has 1 saturated heterocycles. The Labute approximate surface area is 135 Å². The van der Waals surface area contributed by atoms with Gasteiger partial charge < -0.3 is 15.4 Å². The number of hydrogen-bond acceptors (Lipinski definition) is 4. The van der Waals surface area contributed by atoms with Crippen molar-refractivity contribution in [2.45, 2.75) is 44.1 Å². The summed E-state index contributed by atoms with van der Waals surface area (Å²) in [6.45, 7) is 0.928. The lowest BCUT2D eigenvalue weighted by atomic mass is 9.92. The lowest BCUT2D eigenvalue weighted by molar-refractivity contribution is -0.121. The number of ether oxygens (including phenoxy) is 1. The minimum atomic E-state index is -0.638. The summed E-state index contributed by atoms with van der Waals surface area (Å²) in [6.07, 6.45) is 4.62. The van der Waals surface area contributed by atoms with E-state index in [1.807, 2.05) is 11.7 Å². The maximum atomic E-state index is 13.1. The van der Waals surface area contributed by atoms with Crippen LogP contribution in [0.25, 0.3) is 0 Å². The Balaban J connectivity index is 1.94. The number of likely N-dealkylation sites (tertiary alicyclic amines) is 1. The van der Waals surface area contributed by atoms with Crippen molar-refractivity contribution in [3.8, 4) is 0 Å². The van der Waals surface area contributed by atoms with Crippen LogP contribution in [0.2, 0.25) is 0 Å². The van der Waals surface area contributed by atoms with E-state index in [-0.39, 0.29) is 12.3 Å². The van der Waals surface area contributed by atoms with Crippen LogP contribution < -0.4 is 5.73 Å². The number of primary amides is 1. The Morgan fingerprint density at radius 2 is 2.13 bits per heavy atom. The summed E-state index contributed by atoms with van der Waals surface area (Å²) in [4.78, 5) is 26.4. The standard InChI is InChI=1S/C16H24N4O3/c1-19-12-6-3-5-11(12)14(18-19)15(22)20-8-4-7-16(20,10-23-2)9-13(17)21/h3-10H2,1-2H3,(H2,17,21)/t16-/m1/s1.